The maximum absolute atomic E-state index is 11.3. The van der Waals surface area contributed by atoms with Crippen LogP contribution in [-0.4, -0.2) is 61.2 Å². The summed E-state index contributed by atoms with van der Waals surface area (Å²) in [7, 11) is 0. The average molecular weight is 841 g/mol. The van der Waals surface area contributed by atoms with Crippen LogP contribution < -0.4 is 0 Å². The molecule has 0 radical (unpaired) electrons. The normalized spacial score (nSPS) is 11.6. The quantitative estimate of drug-likeness (QED) is 0.0430. The van der Waals surface area contributed by atoms with Crippen molar-refractivity contribution in [1.82, 2.24) is 0 Å². The number of rotatable bonds is 20. The number of carbonyl (C=O) groups excluding carboxylic acids is 2. The Kier molecular flexibility index (Phi) is 36.0. The van der Waals surface area contributed by atoms with E-state index in [9.17, 15) is 9.59 Å². The summed E-state index contributed by atoms with van der Waals surface area (Å²) in [5.41, 5.74) is 1.85. The van der Waals surface area contributed by atoms with Gasteiger partial charge in [-0.05, 0) is 76.8 Å². The molecule has 312 valence electrons. The van der Waals surface area contributed by atoms with Crippen molar-refractivity contribution in [3.63, 3.8) is 0 Å². The van der Waals surface area contributed by atoms with Gasteiger partial charge in [0.15, 0.2) is 0 Å². The first-order valence-electron chi connectivity index (χ1n) is 20.0. The van der Waals surface area contributed by atoms with Crippen molar-refractivity contribution in [3.05, 3.63) is 94.6 Å². The summed E-state index contributed by atoms with van der Waals surface area (Å²) in [6.45, 7) is 32.4. The summed E-state index contributed by atoms with van der Waals surface area (Å²) in [4.78, 5) is 29.4. The highest BCUT2D eigenvalue weighted by Gasteiger charge is 2.23. The summed E-state index contributed by atoms with van der Waals surface area (Å²) in [5, 5.41) is 8.96. The highest BCUT2D eigenvalue weighted by Crippen LogP contribution is 2.18. The fourth-order valence-corrected chi connectivity index (χ4v) is 4.79. The standard InChI is InChI=1S/C15H21NO.C12H19NO3.C11H15BrO.C4H7N.C4H8O/c1-15(2,16-3)11-7-8-12-17-13-14-9-5-4-6-10-14;1-5-16-11(15)9-10(14)7-6-8-12(2,3)13-4;12-8-4-5-9-13-10-11-6-2-1-3-7-11;1-4(2)3-5;1-2-4-5-3-1/h4-6,9-10H,7-8,11-13H2,1-2H3;5-9H2,1-3H3;1-3,6-7H,4-5,8-10H2;4H,1-2H3;1-4H2. The molecule has 0 unspecified atom stereocenters. The monoisotopic (exact) mass is 839 g/mol. The third-order valence-electron chi connectivity index (χ3n) is 7.80. The number of ether oxygens (including phenoxy) is 4. The Hall–Kier alpha value is -3.59. The van der Waals surface area contributed by atoms with Gasteiger partial charge in [-0.25, -0.2) is 13.1 Å². The van der Waals surface area contributed by atoms with E-state index >= 15 is 0 Å². The van der Waals surface area contributed by atoms with Gasteiger partial charge in [0.2, 0.25) is 11.1 Å². The number of hydrogen-bond acceptors (Lipinski definition) is 7. The lowest BCUT2D eigenvalue weighted by molar-refractivity contribution is -0.145. The van der Waals surface area contributed by atoms with Gasteiger partial charge in [0.25, 0.3) is 0 Å². The lowest BCUT2D eigenvalue weighted by atomic mass is 9.97. The van der Waals surface area contributed by atoms with Crippen LogP contribution in [0, 0.1) is 30.4 Å². The number of hydrogen-bond donors (Lipinski definition) is 0. The van der Waals surface area contributed by atoms with E-state index in [2.05, 4.69) is 54.6 Å². The third-order valence-corrected chi connectivity index (χ3v) is 8.37. The van der Waals surface area contributed by atoms with E-state index in [1.165, 1.54) is 30.4 Å². The molecule has 1 saturated heterocycles. The van der Waals surface area contributed by atoms with Gasteiger partial charge < -0.3 is 28.6 Å². The van der Waals surface area contributed by atoms with Crippen LogP contribution in [0.3, 0.4) is 0 Å². The minimum atomic E-state index is -0.461. The molecule has 0 amide bonds. The highest BCUT2D eigenvalue weighted by atomic mass is 79.9. The second-order valence-corrected chi connectivity index (χ2v) is 15.5. The molecule has 2 aromatic rings. The molecule has 9 nitrogen and oxygen atoms in total. The maximum Gasteiger partial charge on any atom is 0.313 e. The summed E-state index contributed by atoms with van der Waals surface area (Å²) in [6, 6.07) is 22.5. The molecular weight excluding hydrogens is 770 g/mol. The Bertz CT molecular complexity index is 1350. The number of ketones is 1. The van der Waals surface area contributed by atoms with Crippen LogP contribution >= 0.6 is 15.9 Å². The molecule has 0 bridgehead atoms. The van der Waals surface area contributed by atoms with Gasteiger partial charge in [-0.3, -0.25) is 9.59 Å². The Morgan fingerprint density at radius 1 is 0.804 bits per heavy atom. The van der Waals surface area contributed by atoms with Crippen LogP contribution in [-0.2, 0) is 41.8 Å². The molecule has 0 N–H and O–H groups in total. The van der Waals surface area contributed by atoms with E-state index in [0.717, 1.165) is 64.0 Å². The van der Waals surface area contributed by atoms with Crippen molar-refractivity contribution in [1.29, 1.82) is 5.26 Å². The van der Waals surface area contributed by atoms with E-state index in [4.69, 9.17) is 32.6 Å². The first-order valence-corrected chi connectivity index (χ1v) is 21.1. The fraction of sp³-hybridized carbons (Fsp3) is 0.630. The zero-order chi connectivity index (χ0) is 42.3. The lowest BCUT2D eigenvalue weighted by Crippen LogP contribution is -2.15. The van der Waals surface area contributed by atoms with Gasteiger partial charge in [0, 0.05) is 84.6 Å². The number of esters is 1. The summed E-state index contributed by atoms with van der Waals surface area (Å²) >= 11 is 3.39. The molecule has 10 heteroatoms. The molecule has 0 atom stereocenters. The van der Waals surface area contributed by atoms with Gasteiger partial charge in [-0.1, -0.05) is 76.6 Å². The average Bonchev–Trinajstić information content (AvgIpc) is 3.79. The summed E-state index contributed by atoms with van der Waals surface area (Å²) in [6.07, 6.45) is 9.44. The van der Waals surface area contributed by atoms with Gasteiger partial charge >= 0.3 is 5.97 Å². The van der Waals surface area contributed by atoms with Crippen molar-refractivity contribution in [2.45, 2.75) is 143 Å². The largest absolute Gasteiger partial charge is 0.466 e. The fourth-order valence-electron chi connectivity index (χ4n) is 4.39. The van der Waals surface area contributed by atoms with Crippen molar-refractivity contribution in [2.75, 3.05) is 38.4 Å². The van der Waals surface area contributed by atoms with E-state index in [-0.39, 0.29) is 23.7 Å². The highest BCUT2D eigenvalue weighted by molar-refractivity contribution is 9.09. The van der Waals surface area contributed by atoms with Crippen LogP contribution in [0.5, 0.6) is 0 Å². The SMILES string of the molecule is BrCCCCOCc1ccccc1.C1CCOC1.CC(C)C#N.[C-]#[N+]C(C)(C)CCCC(=O)CC(=O)OCC.[C-]#[N+]C(C)(C)CCCCOCc1ccccc1. The lowest BCUT2D eigenvalue weighted by Gasteiger charge is -2.10. The molecule has 0 spiro atoms. The Labute approximate surface area is 348 Å². The maximum atomic E-state index is 11.3. The number of nitriles is 1. The second-order valence-electron chi connectivity index (χ2n) is 14.8. The van der Waals surface area contributed by atoms with Crippen LogP contribution in [0.2, 0.25) is 0 Å². The predicted molar refractivity (Wildman–Crippen MR) is 231 cm³/mol. The Morgan fingerprint density at radius 3 is 1.62 bits per heavy atom. The topological polar surface area (TPSA) is 104 Å². The van der Waals surface area contributed by atoms with E-state index < -0.39 is 11.5 Å². The summed E-state index contributed by atoms with van der Waals surface area (Å²) in [5.74, 6) is -0.383. The molecule has 1 aliphatic rings. The van der Waals surface area contributed by atoms with E-state index in [1.54, 1.807) is 6.92 Å². The van der Waals surface area contributed by atoms with Crippen molar-refractivity contribution >= 4 is 27.7 Å². The molecule has 1 fully saturated rings. The van der Waals surface area contributed by atoms with E-state index in [0.29, 0.717) is 32.5 Å². The first kappa shape index (κ1) is 54.5. The molecule has 0 aromatic heterocycles. The molecule has 2 aromatic carbocycles. The number of halogens is 1. The summed E-state index contributed by atoms with van der Waals surface area (Å²) < 4.78 is 20.7. The van der Waals surface area contributed by atoms with E-state index in [1.807, 2.05) is 84.0 Å². The van der Waals surface area contributed by atoms with Crippen molar-refractivity contribution in [2.24, 2.45) is 5.92 Å². The Morgan fingerprint density at radius 2 is 1.25 bits per heavy atom. The molecule has 0 saturated carbocycles. The van der Waals surface area contributed by atoms with Crippen LogP contribution in [0.15, 0.2) is 60.7 Å². The third kappa shape index (κ3) is 38.7. The molecule has 1 aliphatic heterocycles. The predicted octanol–water partition coefficient (Wildman–Crippen LogP) is 11.8. The van der Waals surface area contributed by atoms with Crippen LogP contribution in [0.25, 0.3) is 9.69 Å². The van der Waals surface area contributed by atoms with Gasteiger partial charge in [-0.2, -0.15) is 5.26 Å². The molecular formula is C46H70BrN3O6. The van der Waals surface area contributed by atoms with Crippen LogP contribution in [0.4, 0.5) is 0 Å². The van der Waals surface area contributed by atoms with Gasteiger partial charge in [0.05, 0.1) is 25.9 Å². The minimum absolute atomic E-state index is 0.112. The first-order chi connectivity index (χ1) is 26.7. The van der Waals surface area contributed by atoms with Crippen molar-refractivity contribution in [3.8, 4) is 6.07 Å². The molecule has 0 aliphatic carbocycles. The molecule has 3 rings (SSSR count). The zero-order valence-corrected chi connectivity index (χ0v) is 37.0. The number of unbranched alkanes of at least 4 members (excludes halogenated alkanes) is 2. The second kappa shape index (κ2) is 37.0. The number of benzene rings is 2. The zero-order valence-electron chi connectivity index (χ0n) is 35.5. The number of carbonyl (C=O) groups is 2. The van der Waals surface area contributed by atoms with Gasteiger partial charge in [0.1, 0.15) is 12.2 Å². The number of Topliss-reactive ketones (excluding diaryl/α,β-unsaturated/α-hetero) is 1. The Balaban J connectivity index is 0. The molecule has 1 heterocycles. The van der Waals surface area contributed by atoms with Crippen molar-refractivity contribution < 1.29 is 28.5 Å². The molecule has 56 heavy (non-hydrogen) atoms. The number of alkyl halides is 1. The number of nitrogens with zero attached hydrogens (tertiary/aromatic N) is 3. The smallest absolute Gasteiger partial charge is 0.313 e. The van der Waals surface area contributed by atoms with Gasteiger partial charge in [-0.15, -0.1) is 0 Å². The minimum Gasteiger partial charge on any atom is -0.466 e. The van der Waals surface area contributed by atoms with Crippen LogP contribution in [0.1, 0.15) is 130 Å².